The van der Waals surface area contributed by atoms with Crippen LogP contribution in [-0.2, 0) is 7.05 Å². The number of hydrogen-bond acceptors (Lipinski definition) is 2. The Balaban J connectivity index is 0.000000810. The summed E-state index contributed by atoms with van der Waals surface area (Å²) < 4.78 is 1.24. The molecule has 1 aromatic rings. The summed E-state index contributed by atoms with van der Waals surface area (Å²) in [4.78, 5) is 23.9. The average Bonchev–Trinajstić information content (AvgIpc) is 1.80. The summed E-state index contributed by atoms with van der Waals surface area (Å²) in [7, 11) is 1.54. The molecule has 0 aliphatic rings. The maximum Gasteiger partial charge on any atom is 0.173 e. The van der Waals surface area contributed by atoms with Gasteiger partial charge in [0.2, 0.25) is 0 Å². The van der Waals surface area contributed by atoms with Crippen LogP contribution in [0.3, 0.4) is 0 Å². The van der Waals surface area contributed by atoms with Crippen molar-refractivity contribution in [2.45, 2.75) is 0 Å². The van der Waals surface area contributed by atoms with E-state index in [2.05, 4.69) is 4.98 Å². The molecule has 0 N–H and O–H groups in total. The van der Waals surface area contributed by atoms with Crippen molar-refractivity contribution in [3.8, 4) is 0 Å². The molecular weight excluding hydrogens is 259 g/mol. The third-order valence-corrected chi connectivity index (χ3v) is 0.948. The number of hydrogen-bond donors (Lipinski definition) is 0. The number of rotatable bonds is 0. The van der Waals surface area contributed by atoms with Gasteiger partial charge in [0.05, 0.1) is 0 Å². The first kappa shape index (κ1) is 9.87. The summed E-state index contributed by atoms with van der Waals surface area (Å²) in [6, 6.07) is 1.24. The molecule has 0 bridgehead atoms. The first-order chi connectivity index (χ1) is 4.20. The SMILES string of the molecule is Cn1ccc(=O)[n-]c1=O.[La]. The fourth-order valence-corrected chi connectivity index (χ4v) is 0.450. The van der Waals surface area contributed by atoms with Crippen molar-refractivity contribution in [2.75, 3.05) is 0 Å². The van der Waals surface area contributed by atoms with Crippen LogP contribution in [0.5, 0.6) is 0 Å². The Morgan fingerprint density at radius 2 is 2.10 bits per heavy atom. The molecule has 1 radical (unpaired) electrons. The first-order valence-electron chi connectivity index (χ1n) is 2.41. The molecule has 1 heterocycles. The Morgan fingerprint density at radius 1 is 1.50 bits per heavy atom. The van der Waals surface area contributed by atoms with E-state index in [0.717, 1.165) is 0 Å². The van der Waals surface area contributed by atoms with Crippen LogP contribution in [0.1, 0.15) is 0 Å². The van der Waals surface area contributed by atoms with Gasteiger partial charge in [-0.1, -0.05) is 13.2 Å². The van der Waals surface area contributed by atoms with E-state index >= 15 is 0 Å². The van der Waals surface area contributed by atoms with Crippen LogP contribution < -0.4 is 16.2 Å². The van der Waals surface area contributed by atoms with Gasteiger partial charge in [-0.15, -0.1) is 0 Å². The van der Waals surface area contributed by atoms with Crippen LogP contribution in [0.15, 0.2) is 21.9 Å². The Kier molecular flexibility index (Phi) is 3.85. The van der Waals surface area contributed by atoms with E-state index in [0.29, 0.717) is 0 Å². The molecular formula is C5H5LaN2O2-. The molecule has 10 heavy (non-hydrogen) atoms. The minimum absolute atomic E-state index is 0. The molecule has 0 aliphatic carbocycles. The Hall–Kier alpha value is -0.125. The molecule has 0 saturated carbocycles. The van der Waals surface area contributed by atoms with Crippen LogP contribution in [0.4, 0.5) is 0 Å². The third-order valence-electron chi connectivity index (χ3n) is 0.948. The van der Waals surface area contributed by atoms with Crippen molar-refractivity contribution in [3.63, 3.8) is 0 Å². The van der Waals surface area contributed by atoms with Crippen molar-refractivity contribution in [3.05, 3.63) is 33.1 Å². The van der Waals surface area contributed by atoms with Gasteiger partial charge in [-0.25, -0.2) is 0 Å². The van der Waals surface area contributed by atoms with Crippen LogP contribution in [0.2, 0.25) is 0 Å². The van der Waals surface area contributed by atoms with Crippen molar-refractivity contribution in [1.29, 1.82) is 0 Å². The zero-order chi connectivity index (χ0) is 6.85. The molecule has 0 spiro atoms. The molecule has 0 fully saturated rings. The molecule has 0 unspecified atom stereocenters. The molecule has 1 aromatic heterocycles. The summed E-state index contributed by atoms with van der Waals surface area (Å²) in [6.45, 7) is 0. The van der Waals surface area contributed by atoms with Gasteiger partial charge in [-0.05, 0) is 6.07 Å². The van der Waals surface area contributed by atoms with Gasteiger partial charge in [0.15, 0.2) is 11.2 Å². The smallest absolute Gasteiger partial charge is 0.173 e. The fourth-order valence-electron chi connectivity index (χ4n) is 0.450. The zero-order valence-electron chi connectivity index (χ0n) is 5.44. The molecule has 0 aromatic carbocycles. The molecule has 4 nitrogen and oxygen atoms in total. The fraction of sp³-hybridized carbons (Fsp3) is 0.200. The van der Waals surface area contributed by atoms with E-state index in [1.165, 1.54) is 23.9 Å². The van der Waals surface area contributed by atoms with E-state index in [1.54, 1.807) is 0 Å². The molecule has 0 atom stereocenters. The topological polar surface area (TPSA) is 53.2 Å². The number of aromatic nitrogens is 2. The van der Waals surface area contributed by atoms with Crippen LogP contribution in [-0.4, -0.2) is 4.57 Å². The first-order valence-corrected chi connectivity index (χ1v) is 2.41. The Morgan fingerprint density at radius 3 is 2.50 bits per heavy atom. The maximum atomic E-state index is 10.5. The van der Waals surface area contributed by atoms with Gasteiger partial charge >= 0.3 is 0 Å². The summed E-state index contributed by atoms with van der Waals surface area (Å²) >= 11 is 0. The number of nitrogens with zero attached hydrogens (tertiary/aromatic N) is 2. The quantitative estimate of drug-likeness (QED) is 0.585. The van der Waals surface area contributed by atoms with Gasteiger partial charge < -0.3 is 9.55 Å². The normalized spacial score (nSPS) is 8.50. The van der Waals surface area contributed by atoms with Gasteiger partial charge in [0, 0.05) is 35.6 Å². The molecule has 5 heteroatoms. The third kappa shape index (κ3) is 2.25. The van der Waals surface area contributed by atoms with E-state index < -0.39 is 11.2 Å². The molecule has 51 valence electrons. The van der Waals surface area contributed by atoms with E-state index in [4.69, 9.17) is 0 Å². The molecule has 0 saturated heterocycles. The summed E-state index contributed by atoms with van der Waals surface area (Å²) in [5.74, 6) is 0. The van der Waals surface area contributed by atoms with E-state index in [9.17, 15) is 9.59 Å². The second-order valence-corrected chi connectivity index (χ2v) is 1.66. The minimum atomic E-state index is -0.512. The Labute approximate surface area is 84.9 Å². The average molecular weight is 264 g/mol. The zero-order valence-corrected chi connectivity index (χ0v) is 9.07. The predicted octanol–water partition coefficient (Wildman–Crippen LogP) is -1.30. The van der Waals surface area contributed by atoms with Crippen molar-refractivity contribution in [1.82, 2.24) is 9.55 Å². The molecule has 0 amide bonds. The summed E-state index contributed by atoms with van der Waals surface area (Å²) in [6.07, 6.45) is 1.39. The van der Waals surface area contributed by atoms with E-state index in [1.807, 2.05) is 0 Å². The van der Waals surface area contributed by atoms with Crippen molar-refractivity contribution >= 4 is 0 Å². The van der Waals surface area contributed by atoms with Crippen molar-refractivity contribution in [2.24, 2.45) is 7.05 Å². The standard InChI is InChI=1S/C5H6N2O2.La/c1-7-3-2-4(8)6-5(7)9;/h2-3H,1H3,(H,6,8,9);/p-1. The number of aryl methyl sites for hydroxylation is 1. The van der Waals surface area contributed by atoms with E-state index in [-0.39, 0.29) is 35.6 Å². The summed E-state index contributed by atoms with van der Waals surface area (Å²) in [5.41, 5.74) is -0.999. The predicted molar refractivity (Wildman–Crippen MR) is 31.3 cm³/mol. The minimum Gasteiger partial charge on any atom is -0.420 e. The van der Waals surface area contributed by atoms with Gasteiger partial charge in [0.25, 0.3) is 0 Å². The maximum absolute atomic E-state index is 10.5. The largest absolute Gasteiger partial charge is 0.420 e. The van der Waals surface area contributed by atoms with Gasteiger partial charge in [0.1, 0.15) is 0 Å². The Bertz CT molecular complexity index is 314. The van der Waals surface area contributed by atoms with Gasteiger partial charge in [-0.3, -0.25) is 9.59 Å². The van der Waals surface area contributed by atoms with Crippen LogP contribution in [0, 0.1) is 35.6 Å². The van der Waals surface area contributed by atoms with Crippen LogP contribution >= 0.6 is 0 Å². The van der Waals surface area contributed by atoms with Crippen molar-refractivity contribution < 1.29 is 35.6 Å². The van der Waals surface area contributed by atoms with Gasteiger partial charge in [-0.2, -0.15) is 0 Å². The monoisotopic (exact) mass is 264 g/mol. The molecule has 1 rings (SSSR count). The second kappa shape index (κ2) is 3.90. The van der Waals surface area contributed by atoms with Crippen LogP contribution in [0.25, 0.3) is 0 Å². The summed E-state index contributed by atoms with van der Waals surface area (Å²) in [5, 5.41) is 0. The molecule has 0 aliphatic heterocycles. The second-order valence-electron chi connectivity index (χ2n) is 1.66.